The SMILES string of the molecule is CC(CC(F)(F)F)NC(=O)O[C@@H]1CC[C@H](c2cc(NC(=O)c3ccnn3CCN(C)C)[nH]n2)C1. The minimum absolute atomic E-state index is 0.00193. The van der Waals surface area contributed by atoms with E-state index in [2.05, 4.69) is 25.9 Å². The number of H-pyrrole nitrogens is 1. The molecule has 1 unspecified atom stereocenters. The van der Waals surface area contributed by atoms with Crippen LogP contribution >= 0.6 is 0 Å². The molecule has 2 heterocycles. The molecular weight excluding hydrogens is 455 g/mol. The van der Waals surface area contributed by atoms with Gasteiger partial charge in [0.2, 0.25) is 0 Å². The van der Waals surface area contributed by atoms with E-state index in [-0.39, 0.29) is 11.8 Å². The first kappa shape index (κ1) is 25.5. The summed E-state index contributed by atoms with van der Waals surface area (Å²) in [4.78, 5) is 26.6. The second kappa shape index (κ2) is 10.9. The number of anilines is 1. The first-order valence-corrected chi connectivity index (χ1v) is 11.1. The normalized spacial score (nSPS) is 19.3. The standard InChI is InChI=1S/C21H30F3N7O3/c1-13(12-21(22,23)24)26-20(33)34-15-5-4-14(10-15)16-11-18(29-28-16)27-19(32)17-6-7-25-31(17)9-8-30(2)3/h6-7,11,13-15H,4-5,8-10,12H2,1-3H3,(H,26,33)(H2,27,28,29,32)/t13?,14-,15+/m0/s1. The fourth-order valence-electron chi connectivity index (χ4n) is 3.90. The van der Waals surface area contributed by atoms with Gasteiger partial charge in [-0.25, -0.2) is 4.79 Å². The molecule has 2 aromatic heterocycles. The van der Waals surface area contributed by atoms with Crippen LogP contribution in [-0.4, -0.2) is 75.8 Å². The Balaban J connectivity index is 1.49. The number of ether oxygens (including phenoxy) is 1. The van der Waals surface area contributed by atoms with Crippen LogP contribution in [0.25, 0.3) is 0 Å². The summed E-state index contributed by atoms with van der Waals surface area (Å²) in [5.74, 6) is 0.116. The Hall–Kier alpha value is -3.09. The van der Waals surface area contributed by atoms with Crippen molar-refractivity contribution in [2.75, 3.05) is 26.0 Å². The quantitative estimate of drug-likeness (QED) is 0.503. The lowest BCUT2D eigenvalue weighted by molar-refractivity contribution is -0.138. The van der Waals surface area contributed by atoms with Gasteiger partial charge in [-0.15, -0.1) is 0 Å². The summed E-state index contributed by atoms with van der Waals surface area (Å²) >= 11 is 0. The average molecular weight is 486 g/mol. The van der Waals surface area contributed by atoms with Gasteiger partial charge >= 0.3 is 12.3 Å². The van der Waals surface area contributed by atoms with Crippen molar-refractivity contribution in [1.82, 2.24) is 30.2 Å². The van der Waals surface area contributed by atoms with Gasteiger partial charge in [-0.1, -0.05) is 0 Å². The van der Waals surface area contributed by atoms with Gasteiger partial charge in [0.1, 0.15) is 17.6 Å². The molecule has 2 aromatic rings. The number of nitrogens with one attached hydrogen (secondary N) is 3. The molecule has 34 heavy (non-hydrogen) atoms. The maximum atomic E-state index is 12.7. The van der Waals surface area contributed by atoms with Crippen molar-refractivity contribution in [1.29, 1.82) is 0 Å². The lowest BCUT2D eigenvalue weighted by atomic mass is 10.0. The molecule has 10 nitrogen and oxygen atoms in total. The number of hydrogen-bond acceptors (Lipinski definition) is 6. The number of nitrogens with zero attached hydrogens (tertiary/aromatic N) is 4. The topological polar surface area (TPSA) is 117 Å². The van der Waals surface area contributed by atoms with E-state index in [0.29, 0.717) is 43.0 Å². The van der Waals surface area contributed by atoms with Crippen LogP contribution in [0.2, 0.25) is 0 Å². The molecule has 0 spiro atoms. The first-order valence-electron chi connectivity index (χ1n) is 11.1. The van der Waals surface area contributed by atoms with E-state index < -0.39 is 30.8 Å². The number of rotatable bonds is 9. The van der Waals surface area contributed by atoms with Gasteiger partial charge in [-0.3, -0.25) is 14.6 Å². The smallest absolute Gasteiger partial charge is 0.407 e. The summed E-state index contributed by atoms with van der Waals surface area (Å²) in [6.45, 7) is 2.59. The summed E-state index contributed by atoms with van der Waals surface area (Å²) in [7, 11) is 3.88. The van der Waals surface area contributed by atoms with Crippen LogP contribution < -0.4 is 10.6 Å². The van der Waals surface area contributed by atoms with Gasteiger partial charge < -0.3 is 20.3 Å². The number of likely N-dealkylation sites (N-methyl/N-ethyl adjacent to an activating group) is 1. The van der Waals surface area contributed by atoms with Gasteiger partial charge in [0.05, 0.1) is 18.7 Å². The Bertz CT molecular complexity index is 973. The Labute approximate surface area is 195 Å². The number of alkyl halides is 3. The lowest BCUT2D eigenvalue weighted by Crippen LogP contribution is -2.37. The van der Waals surface area contributed by atoms with E-state index in [0.717, 1.165) is 6.54 Å². The minimum atomic E-state index is -4.36. The van der Waals surface area contributed by atoms with E-state index in [1.54, 1.807) is 23.0 Å². The van der Waals surface area contributed by atoms with Crippen LogP contribution in [0.4, 0.5) is 23.8 Å². The Kier molecular flexibility index (Phi) is 8.18. The third-order valence-corrected chi connectivity index (χ3v) is 5.53. The Morgan fingerprint density at radius 3 is 2.82 bits per heavy atom. The molecule has 1 aliphatic carbocycles. The zero-order chi connectivity index (χ0) is 24.9. The highest BCUT2D eigenvalue weighted by Gasteiger charge is 2.33. The molecule has 1 aliphatic rings. The molecular formula is C21H30F3N7O3. The number of halogens is 3. The number of hydrogen-bond donors (Lipinski definition) is 3. The molecule has 3 N–H and O–H groups in total. The maximum absolute atomic E-state index is 12.7. The van der Waals surface area contributed by atoms with Gasteiger partial charge in [-0.2, -0.15) is 23.4 Å². The molecule has 0 bridgehead atoms. The molecule has 0 saturated heterocycles. The van der Waals surface area contributed by atoms with Crippen molar-refractivity contribution in [3.63, 3.8) is 0 Å². The highest BCUT2D eigenvalue weighted by molar-refractivity contribution is 6.02. The molecule has 3 atom stereocenters. The number of aromatic amines is 1. The minimum Gasteiger partial charge on any atom is -0.446 e. The van der Waals surface area contributed by atoms with Gasteiger partial charge in [-0.05, 0) is 46.3 Å². The van der Waals surface area contributed by atoms with E-state index in [1.807, 2.05) is 19.0 Å². The van der Waals surface area contributed by atoms with Crippen LogP contribution in [0.3, 0.4) is 0 Å². The fourth-order valence-corrected chi connectivity index (χ4v) is 3.90. The Morgan fingerprint density at radius 2 is 2.12 bits per heavy atom. The second-order valence-corrected chi connectivity index (χ2v) is 8.81. The predicted octanol–water partition coefficient (Wildman–Crippen LogP) is 3.12. The number of aromatic nitrogens is 4. The number of carbonyl (C=O) groups excluding carboxylic acids is 2. The molecule has 2 amide bonds. The second-order valence-electron chi connectivity index (χ2n) is 8.81. The van der Waals surface area contributed by atoms with Crippen molar-refractivity contribution < 1.29 is 27.5 Å². The summed E-state index contributed by atoms with van der Waals surface area (Å²) < 4.78 is 44.1. The largest absolute Gasteiger partial charge is 0.446 e. The third-order valence-electron chi connectivity index (χ3n) is 5.53. The van der Waals surface area contributed by atoms with Crippen molar-refractivity contribution in [2.24, 2.45) is 0 Å². The van der Waals surface area contributed by atoms with E-state index in [9.17, 15) is 22.8 Å². The van der Waals surface area contributed by atoms with E-state index >= 15 is 0 Å². The number of carbonyl (C=O) groups is 2. The van der Waals surface area contributed by atoms with Gasteiger partial charge in [0.25, 0.3) is 5.91 Å². The third kappa shape index (κ3) is 7.47. The van der Waals surface area contributed by atoms with Crippen LogP contribution in [0, 0.1) is 0 Å². The Morgan fingerprint density at radius 1 is 1.35 bits per heavy atom. The molecule has 0 aromatic carbocycles. The average Bonchev–Trinajstić information content (AvgIpc) is 3.45. The molecule has 3 rings (SSSR count). The maximum Gasteiger partial charge on any atom is 0.407 e. The van der Waals surface area contributed by atoms with Crippen LogP contribution in [0.15, 0.2) is 18.3 Å². The molecule has 1 fully saturated rings. The summed E-state index contributed by atoms with van der Waals surface area (Å²) in [6.07, 6.45) is -3.40. The van der Waals surface area contributed by atoms with Gasteiger partial charge in [0, 0.05) is 30.8 Å². The summed E-state index contributed by atoms with van der Waals surface area (Å²) in [6, 6.07) is 2.31. The summed E-state index contributed by atoms with van der Waals surface area (Å²) in [5, 5.41) is 16.3. The lowest BCUT2D eigenvalue weighted by Gasteiger charge is -2.18. The first-order chi connectivity index (χ1) is 16.0. The highest BCUT2D eigenvalue weighted by atomic mass is 19.4. The molecule has 0 aliphatic heterocycles. The zero-order valence-electron chi connectivity index (χ0n) is 19.4. The predicted molar refractivity (Wildman–Crippen MR) is 117 cm³/mol. The van der Waals surface area contributed by atoms with Crippen molar-refractivity contribution in [3.8, 4) is 0 Å². The summed E-state index contributed by atoms with van der Waals surface area (Å²) in [5.41, 5.74) is 1.14. The molecule has 13 heteroatoms. The molecule has 1 saturated carbocycles. The van der Waals surface area contributed by atoms with Gasteiger partial charge in [0.15, 0.2) is 0 Å². The highest BCUT2D eigenvalue weighted by Crippen LogP contribution is 2.36. The van der Waals surface area contributed by atoms with Crippen molar-refractivity contribution in [3.05, 3.63) is 29.7 Å². The van der Waals surface area contributed by atoms with Crippen molar-refractivity contribution in [2.45, 2.75) is 63.4 Å². The van der Waals surface area contributed by atoms with Crippen molar-refractivity contribution >= 4 is 17.8 Å². The monoisotopic (exact) mass is 485 g/mol. The van der Waals surface area contributed by atoms with E-state index in [4.69, 9.17) is 4.74 Å². The number of amides is 2. The molecule has 0 radical (unpaired) electrons. The van der Waals surface area contributed by atoms with E-state index in [1.165, 1.54) is 6.92 Å². The molecule has 188 valence electrons. The van der Waals surface area contributed by atoms with Crippen LogP contribution in [-0.2, 0) is 11.3 Å². The fraction of sp³-hybridized carbons (Fsp3) is 0.619. The van der Waals surface area contributed by atoms with Crippen LogP contribution in [0.1, 0.15) is 54.7 Å². The zero-order valence-corrected chi connectivity index (χ0v) is 19.4. The van der Waals surface area contributed by atoms with Crippen LogP contribution in [0.5, 0.6) is 0 Å². The number of alkyl carbamates (subject to hydrolysis) is 1.